The van der Waals surface area contributed by atoms with Gasteiger partial charge in [0.05, 0.1) is 5.48 Å². The minimum Gasteiger partial charge on any atom is -0.346 e. The molecule has 0 aliphatic carbocycles. The first-order valence-electron chi connectivity index (χ1n) is 11.5. The highest BCUT2D eigenvalue weighted by Gasteiger charge is 2.41. The van der Waals surface area contributed by atoms with Crippen LogP contribution in [0, 0.1) is 0 Å². The van der Waals surface area contributed by atoms with E-state index >= 15 is 0 Å². The molecule has 2 aromatic rings. The van der Waals surface area contributed by atoms with Gasteiger partial charge in [-0.2, -0.15) is 8.78 Å². The number of halogens is 3. The number of hydrogen-bond acceptors (Lipinski definition) is 4. The molecule has 2 aliphatic heterocycles. The molecule has 1 fully saturated rings. The van der Waals surface area contributed by atoms with E-state index in [-0.39, 0.29) is 25.9 Å². The summed E-state index contributed by atoms with van der Waals surface area (Å²) in [5, 5.41) is 3.58. The molecule has 10 heteroatoms. The predicted octanol–water partition coefficient (Wildman–Crippen LogP) is 2.51. The zero-order valence-corrected chi connectivity index (χ0v) is 17.1. The Kier molecular flexibility index (Phi) is 4.48. The first kappa shape index (κ1) is 17.3. The normalized spacial score (nSPS) is 20.2. The molecular weight excluding hydrogens is 444 g/mol. The van der Waals surface area contributed by atoms with Crippen LogP contribution in [0.25, 0.3) is 0 Å². The van der Waals surface area contributed by atoms with Gasteiger partial charge in [-0.3, -0.25) is 24.5 Å². The minimum absolute atomic E-state index is 0.0616. The molecule has 166 valence electrons. The third-order valence-electron chi connectivity index (χ3n) is 5.23. The monoisotopic (exact) mass is 465 g/mol. The SMILES string of the molecule is [2H]c1c([2H])c(C(F)(F)C(=O)NCc2ccc3c(c2)CN(C2CCC(=O)NC2=O)C3=O)c([2H])c([2H])c1Cl. The maximum Gasteiger partial charge on any atom is 0.349 e. The third kappa shape index (κ3) is 4.08. The zero-order valence-electron chi connectivity index (χ0n) is 20.4. The molecule has 0 saturated carbocycles. The lowest BCUT2D eigenvalue weighted by molar-refractivity contribution is -0.147. The van der Waals surface area contributed by atoms with Gasteiger partial charge in [0.1, 0.15) is 6.04 Å². The van der Waals surface area contributed by atoms with Gasteiger partial charge < -0.3 is 10.2 Å². The van der Waals surface area contributed by atoms with E-state index in [1.54, 1.807) is 0 Å². The molecule has 2 heterocycles. The molecule has 32 heavy (non-hydrogen) atoms. The van der Waals surface area contributed by atoms with Gasteiger partial charge in [-0.15, -0.1) is 0 Å². The van der Waals surface area contributed by atoms with E-state index in [1.165, 1.54) is 23.1 Å². The Balaban J connectivity index is 1.50. The number of nitrogens with zero attached hydrogens (tertiary/aromatic N) is 1. The first-order valence-corrected chi connectivity index (χ1v) is 9.91. The van der Waals surface area contributed by atoms with Crippen molar-refractivity contribution in [3.05, 3.63) is 69.6 Å². The average molecular weight is 466 g/mol. The summed E-state index contributed by atoms with van der Waals surface area (Å²) in [5.41, 5.74) is -0.198. The fourth-order valence-electron chi connectivity index (χ4n) is 3.60. The molecule has 1 unspecified atom stereocenters. The highest BCUT2D eigenvalue weighted by molar-refractivity contribution is 6.30. The van der Waals surface area contributed by atoms with Crippen LogP contribution in [-0.4, -0.2) is 34.6 Å². The summed E-state index contributed by atoms with van der Waals surface area (Å²) in [4.78, 5) is 49.9. The van der Waals surface area contributed by atoms with Crippen LogP contribution in [0.5, 0.6) is 0 Å². The number of amides is 4. The number of imide groups is 1. The van der Waals surface area contributed by atoms with E-state index in [0.717, 1.165) is 0 Å². The molecule has 0 spiro atoms. The van der Waals surface area contributed by atoms with Crippen molar-refractivity contribution in [3.63, 3.8) is 0 Å². The molecule has 2 aromatic carbocycles. The molecule has 1 saturated heterocycles. The Labute approximate surface area is 192 Å². The number of benzene rings is 2. The Morgan fingerprint density at radius 2 is 1.97 bits per heavy atom. The van der Waals surface area contributed by atoms with Crippen molar-refractivity contribution in [1.29, 1.82) is 0 Å². The molecule has 7 nitrogen and oxygen atoms in total. The number of nitrogens with one attached hydrogen (secondary N) is 2. The van der Waals surface area contributed by atoms with Crippen LogP contribution in [0.4, 0.5) is 8.78 Å². The summed E-state index contributed by atoms with van der Waals surface area (Å²) in [5.74, 6) is -7.62. The second-order valence-corrected chi connectivity index (χ2v) is 7.72. The van der Waals surface area contributed by atoms with Crippen LogP contribution in [-0.2, 0) is 33.4 Å². The molecule has 0 bridgehead atoms. The number of piperidine rings is 1. The van der Waals surface area contributed by atoms with Gasteiger partial charge in [-0.1, -0.05) is 35.8 Å². The molecule has 2 N–H and O–H groups in total. The highest BCUT2D eigenvalue weighted by Crippen LogP contribution is 2.30. The van der Waals surface area contributed by atoms with Crippen molar-refractivity contribution in [2.45, 2.75) is 37.9 Å². The quantitative estimate of drug-likeness (QED) is 0.663. The summed E-state index contributed by atoms with van der Waals surface area (Å²) in [6.45, 7) is -0.323. The summed E-state index contributed by atoms with van der Waals surface area (Å²) < 4.78 is 60.5. The number of carbonyl (C=O) groups excluding carboxylic acids is 4. The summed E-state index contributed by atoms with van der Waals surface area (Å²) in [6, 6.07) is -0.406. The van der Waals surface area contributed by atoms with Gasteiger partial charge in [0.2, 0.25) is 11.8 Å². The van der Waals surface area contributed by atoms with Gasteiger partial charge >= 0.3 is 5.92 Å². The Morgan fingerprint density at radius 3 is 2.66 bits per heavy atom. The fraction of sp³-hybridized carbons (Fsp3) is 0.273. The maximum absolute atomic E-state index is 14.9. The van der Waals surface area contributed by atoms with Gasteiger partial charge in [-0.25, -0.2) is 0 Å². The highest BCUT2D eigenvalue weighted by atomic mass is 35.5. The number of alkyl halides is 2. The molecule has 2 aliphatic rings. The van der Waals surface area contributed by atoms with E-state index in [0.29, 0.717) is 16.7 Å². The topological polar surface area (TPSA) is 95.6 Å². The third-order valence-corrected chi connectivity index (χ3v) is 5.42. The Hall–Kier alpha value is -3.33. The van der Waals surface area contributed by atoms with Gasteiger partial charge in [0.15, 0.2) is 0 Å². The van der Waals surface area contributed by atoms with Crippen LogP contribution >= 0.6 is 11.6 Å². The smallest absolute Gasteiger partial charge is 0.346 e. The number of hydrogen-bond donors (Lipinski definition) is 2. The van der Waals surface area contributed by atoms with E-state index in [9.17, 15) is 28.0 Å². The second kappa shape index (κ2) is 8.31. The molecule has 0 aromatic heterocycles. The Morgan fingerprint density at radius 1 is 1.25 bits per heavy atom. The predicted molar refractivity (Wildman–Crippen MR) is 110 cm³/mol. The first-order chi connectivity index (χ1) is 16.8. The summed E-state index contributed by atoms with van der Waals surface area (Å²) >= 11 is 5.64. The van der Waals surface area contributed by atoms with E-state index in [4.69, 9.17) is 17.1 Å². The van der Waals surface area contributed by atoms with Crippen molar-refractivity contribution >= 4 is 35.2 Å². The lowest BCUT2D eigenvalue weighted by atomic mass is 10.0. The van der Waals surface area contributed by atoms with Crippen molar-refractivity contribution in [2.24, 2.45) is 0 Å². The number of fused-ring (bicyclic) bond motifs is 1. The molecule has 1 atom stereocenters. The van der Waals surface area contributed by atoms with Crippen LogP contribution in [0.2, 0.25) is 5.02 Å². The minimum atomic E-state index is -4.39. The average Bonchev–Trinajstić information content (AvgIpc) is 3.15. The van der Waals surface area contributed by atoms with Gasteiger partial charge in [0.25, 0.3) is 11.8 Å². The van der Waals surface area contributed by atoms with Crippen LogP contribution < -0.4 is 10.6 Å². The number of rotatable bonds is 5. The van der Waals surface area contributed by atoms with Crippen molar-refractivity contribution in [1.82, 2.24) is 15.5 Å². The van der Waals surface area contributed by atoms with Gasteiger partial charge in [-0.05, 0) is 35.7 Å². The second-order valence-electron chi connectivity index (χ2n) is 7.34. The van der Waals surface area contributed by atoms with Gasteiger partial charge in [0, 0.05) is 35.7 Å². The fourth-order valence-corrected chi connectivity index (χ4v) is 3.69. The largest absolute Gasteiger partial charge is 0.349 e. The molecule has 4 amide bonds. The van der Waals surface area contributed by atoms with E-state index in [2.05, 4.69) is 5.32 Å². The van der Waals surface area contributed by atoms with Crippen LogP contribution in [0.15, 0.2) is 42.4 Å². The van der Waals surface area contributed by atoms with E-state index < -0.39 is 70.3 Å². The van der Waals surface area contributed by atoms with Crippen molar-refractivity contribution in [2.75, 3.05) is 0 Å². The van der Waals surface area contributed by atoms with Crippen LogP contribution in [0.1, 0.15) is 45.4 Å². The summed E-state index contributed by atoms with van der Waals surface area (Å²) in [6.07, 6.45) is 0.280. The summed E-state index contributed by atoms with van der Waals surface area (Å²) in [7, 11) is 0. The lowest BCUT2D eigenvalue weighted by Gasteiger charge is -2.29. The maximum atomic E-state index is 14.9. The zero-order chi connectivity index (χ0) is 26.5. The van der Waals surface area contributed by atoms with E-state index in [1.807, 2.05) is 5.32 Å². The Bertz CT molecular complexity index is 1310. The molecule has 4 rings (SSSR count). The molecular formula is C22H18ClF2N3O4. The number of carbonyl (C=O) groups is 4. The standard InChI is InChI=1S/C22H18ClF2N3O4/c23-15-4-2-14(3-5-15)22(24,25)21(32)26-10-12-1-6-16-13(9-12)11-28(20(16)31)17-7-8-18(29)27-19(17)30/h1-6,9,17H,7-8,10-11H2,(H,26,32)(H,27,29,30)/i2D,3D,4D,5D. The van der Waals surface area contributed by atoms with Crippen molar-refractivity contribution in [3.8, 4) is 0 Å². The van der Waals surface area contributed by atoms with Crippen LogP contribution in [0.3, 0.4) is 0 Å². The molecule has 0 radical (unpaired) electrons. The lowest BCUT2D eigenvalue weighted by Crippen LogP contribution is -2.52. The van der Waals surface area contributed by atoms with Crippen molar-refractivity contribution < 1.29 is 33.4 Å².